The molecule has 1 aromatic carbocycles. The summed E-state index contributed by atoms with van der Waals surface area (Å²) in [7, 11) is 1.59. The van der Waals surface area contributed by atoms with Gasteiger partial charge in [0.05, 0.1) is 18.7 Å². The lowest BCUT2D eigenvalue weighted by molar-refractivity contribution is -0.127. The van der Waals surface area contributed by atoms with Crippen LogP contribution in [-0.2, 0) is 9.59 Å². The fourth-order valence-corrected chi connectivity index (χ4v) is 3.71. The Morgan fingerprint density at radius 3 is 2.58 bits per heavy atom. The molecule has 2 aliphatic rings. The number of amides is 2. The molecule has 2 amide bonds. The Morgan fingerprint density at radius 2 is 1.88 bits per heavy atom. The van der Waals surface area contributed by atoms with Gasteiger partial charge in [0.25, 0.3) is 0 Å². The molecule has 1 aliphatic carbocycles. The summed E-state index contributed by atoms with van der Waals surface area (Å²) in [6.45, 7) is 0.428. The van der Waals surface area contributed by atoms with Gasteiger partial charge in [-0.2, -0.15) is 0 Å². The summed E-state index contributed by atoms with van der Waals surface area (Å²) in [5, 5.41) is 3.17. The van der Waals surface area contributed by atoms with Crippen molar-refractivity contribution < 1.29 is 14.3 Å². The zero-order valence-corrected chi connectivity index (χ0v) is 14.3. The normalized spacial score (nSPS) is 22.3. The number of hydrogen-bond donors (Lipinski definition) is 1. The highest BCUT2D eigenvalue weighted by Gasteiger charge is 2.36. The Bertz CT molecular complexity index is 594. The Hall–Kier alpha value is -2.04. The van der Waals surface area contributed by atoms with Gasteiger partial charge < -0.3 is 15.0 Å². The Morgan fingerprint density at radius 1 is 1.17 bits per heavy atom. The second-order valence-electron chi connectivity index (χ2n) is 6.77. The van der Waals surface area contributed by atoms with Crippen LogP contribution in [0.4, 0.5) is 5.69 Å². The number of benzene rings is 1. The van der Waals surface area contributed by atoms with Crippen molar-refractivity contribution in [2.45, 2.75) is 51.0 Å². The van der Waals surface area contributed by atoms with Gasteiger partial charge in [0, 0.05) is 19.0 Å². The number of nitrogens with one attached hydrogen (secondary N) is 1. The topological polar surface area (TPSA) is 58.6 Å². The highest BCUT2D eigenvalue weighted by molar-refractivity contribution is 6.01. The van der Waals surface area contributed by atoms with E-state index in [9.17, 15) is 9.59 Å². The van der Waals surface area contributed by atoms with Gasteiger partial charge in [-0.3, -0.25) is 9.59 Å². The molecular weight excluding hydrogens is 304 g/mol. The van der Waals surface area contributed by atoms with E-state index in [1.165, 1.54) is 25.7 Å². The number of carbonyl (C=O) groups excluding carboxylic acids is 2. The van der Waals surface area contributed by atoms with Crippen LogP contribution in [0.25, 0.3) is 0 Å². The molecule has 1 N–H and O–H groups in total. The monoisotopic (exact) mass is 330 g/mol. The van der Waals surface area contributed by atoms with Crippen molar-refractivity contribution in [2.75, 3.05) is 18.6 Å². The summed E-state index contributed by atoms with van der Waals surface area (Å²) in [5.74, 6) is 0.398. The number of rotatable bonds is 4. The molecule has 24 heavy (non-hydrogen) atoms. The minimum Gasteiger partial charge on any atom is -0.495 e. The summed E-state index contributed by atoms with van der Waals surface area (Å²) < 4.78 is 5.34. The van der Waals surface area contributed by atoms with Gasteiger partial charge in [0.1, 0.15) is 5.75 Å². The average Bonchev–Trinajstić information content (AvgIpc) is 2.80. The van der Waals surface area contributed by atoms with Crippen LogP contribution in [-0.4, -0.2) is 31.5 Å². The summed E-state index contributed by atoms with van der Waals surface area (Å²) in [5.41, 5.74) is 0.745. The van der Waals surface area contributed by atoms with Crippen molar-refractivity contribution in [1.82, 2.24) is 5.32 Å². The van der Waals surface area contributed by atoms with Crippen molar-refractivity contribution in [3.05, 3.63) is 24.3 Å². The maximum absolute atomic E-state index is 12.6. The van der Waals surface area contributed by atoms with Gasteiger partial charge >= 0.3 is 0 Å². The Kier molecular flexibility index (Phi) is 5.38. The molecule has 0 spiro atoms. The zero-order chi connectivity index (χ0) is 16.9. The van der Waals surface area contributed by atoms with E-state index in [1.54, 1.807) is 12.0 Å². The van der Waals surface area contributed by atoms with Crippen molar-refractivity contribution in [1.29, 1.82) is 0 Å². The first-order chi connectivity index (χ1) is 11.7. The number of nitrogens with zero attached hydrogens (tertiary/aromatic N) is 1. The fourth-order valence-electron chi connectivity index (χ4n) is 3.71. The number of anilines is 1. The number of carbonyl (C=O) groups is 2. The third-order valence-electron chi connectivity index (χ3n) is 5.07. The van der Waals surface area contributed by atoms with Crippen molar-refractivity contribution in [2.24, 2.45) is 5.92 Å². The number of methoxy groups -OCH3 is 1. The molecule has 3 rings (SSSR count). The van der Waals surface area contributed by atoms with Crippen LogP contribution in [0.15, 0.2) is 24.3 Å². The molecule has 1 atom stereocenters. The molecule has 0 radical (unpaired) electrons. The Balaban J connectivity index is 1.64. The number of para-hydroxylation sites is 2. The van der Waals surface area contributed by atoms with E-state index in [2.05, 4.69) is 5.32 Å². The van der Waals surface area contributed by atoms with Crippen LogP contribution in [0.3, 0.4) is 0 Å². The lowest BCUT2D eigenvalue weighted by Gasteiger charge is -2.21. The van der Waals surface area contributed by atoms with E-state index in [0.717, 1.165) is 18.5 Å². The molecule has 1 aromatic rings. The van der Waals surface area contributed by atoms with Gasteiger partial charge in [-0.05, 0) is 25.0 Å². The van der Waals surface area contributed by atoms with Gasteiger partial charge in [0.15, 0.2) is 0 Å². The quantitative estimate of drug-likeness (QED) is 0.864. The summed E-state index contributed by atoms with van der Waals surface area (Å²) in [6.07, 6.45) is 7.28. The fraction of sp³-hybridized carbons (Fsp3) is 0.579. The molecule has 130 valence electrons. The van der Waals surface area contributed by atoms with E-state index in [-0.39, 0.29) is 30.2 Å². The molecule has 1 aliphatic heterocycles. The molecule has 0 aromatic heterocycles. The van der Waals surface area contributed by atoms with Crippen LogP contribution < -0.4 is 15.0 Å². The second kappa shape index (κ2) is 7.69. The molecule has 1 saturated heterocycles. The first-order valence-electron chi connectivity index (χ1n) is 8.93. The highest BCUT2D eigenvalue weighted by atomic mass is 16.5. The number of hydrogen-bond acceptors (Lipinski definition) is 3. The molecular formula is C19H26N2O3. The maximum Gasteiger partial charge on any atom is 0.227 e. The van der Waals surface area contributed by atoms with Crippen molar-refractivity contribution in [3.63, 3.8) is 0 Å². The van der Waals surface area contributed by atoms with Crippen LogP contribution in [0.2, 0.25) is 0 Å². The third kappa shape index (κ3) is 3.71. The average molecular weight is 330 g/mol. The van der Waals surface area contributed by atoms with E-state index in [4.69, 9.17) is 4.74 Å². The Labute approximate surface area is 143 Å². The molecule has 1 heterocycles. The molecule has 5 heteroatoms. The van der Waals surface area contributed by atoms with Crippen LogP contribution in [0, 0.1) is 5.92 Å². The molecule has 1 saturated carbocycles. The summed E-state index contributed by atoms with van der Waals surface area (Å²) in [6, 6.07) is 7.72. The van der Waals surface area contributed by atoms with E-state index in [1.807, 2.05) is 24.3 Å². The minimum absolute atomic E-state index is 0.0134. The zero-order valence-electron chi connectivity index (χ0n) is 14.3. The summed E-state index contributed by atoms with van der Waals surface area (Å²) in [4.78, 5) is 26.7. The standard InChI is InChI=1S/C19H26N2O3/c1-24-17-11-7-6-10-16(17)21-13-14(12-18(21)22)19(23)20-15-8-4-2-3-5-9-15/h6-7,10-11,14-15H,2-5,8-9,12-13H2,1H3,(H,20,23)/t14-/m0/s1. The lowest BCUT2D eigenvalue weighted by Crippen LogP contribution is -2.39. The van der Waals surface area contributed by atoms with Crippen molar-refractivity contribution >= 4 is 17.5 Å². The predicted molar refractivity (Wildman–Crippen MR) is 93.1 cm³/mol. The van der Waals surface area contributed by atoms with Gasteiger partial charge in [-0.25, -0.2) is 0 Å². The first kappa shape index (κ1) is 16.8. The van der Waals surface area contributed by atoms with Gasteiger partial charge in [-0.15, -0.1) is 0 Å². The van der Waals surface area contributed by atoms with E-state index >= 15 is 0 Å². The molecule has 5 nitrogen and oxygen atoms in total. The second-order valence-corrected chi connectivity index (χ2v) is 6.77. The van der Waals surface area contributed by atoms with Gasteiger partial charge in [0.2, 0.25) is 11.8 Å². The SMILES string of the molecule is COc1ccccc1N1C[C@@H](C(=O)NC2CCCCCC2)CC1=O. The number of ether oxygens (including phenoxy) is 1. The van der Waals surface area contributed by atoms with Crippen LogP contribution >= 0.6 is 0 Å². The smallest absolute Gasteiger partial charge is 0.227 e. The van der Waals surface area contributed by atoms with Crippen LogP contribution in [0.5, 0.6) is 5.75 Å². The molecule has 2 fully saturated rings. The maximum atomic E-state index is 12.6. The van der Waals surface area contributed by atoms with Gasteiger partial charge in [-0.1, -0.05) is 37.8 Å². The first-order valence-corrected chi connectivity index (χ1v) is 8.93. The van der Waals surface area contributed by atoms with Crippen LogP contribution in [0.1, 0.15) is 44.9 Å². The largest absolute Gasteiger partial charge is 0.495 e. The van der Waals surface area contributed by atoms with Crippen molar-refractivity contribution in [3.8, 4) is 5.75 Å². The highest BCUT2D eigenvalue weighted by Crippen LogP contribution is 2.33. The molecule has 0 bridgehead atoms. The summed E-state index contributed by atoms with van der Waals surface area (Å²) >= 11 is 0. The van der Waals surface area contributed by atoms with E-state index in [0.29, 0.717) is 12.3 Å². The third-order valence-corrected chi connectivity index (χ3v) is 5.07. The minimum atomic E-state index is -0.273. The van der Waals surface area contributed by atoms with E-state index < -0.39 is 0 Å². The molecule has 0 unspecified atom stereocenters. The predicted octanol–water partition coefficient (Wildman–Crippen LogP) is 2.89. The lowest BCUT2D eigenvalue weighted by atomic mass is 10.0.